The first-order valence-corrected chi connectivity index (χ1v) is 11.3. The van der Waals surface area contributed by atoms with Gasteiger partial charge < -0.3 is 4.90 Å². The van der Waals surface area contributed by atoms with Gasteiger partial charge in [-0.1, -0.05) is 17.7 Å². The van der Waals surface area contributed by atoms with Gasteiger partial charge >= 0.3 is 0 Å². The number of hydrogen-bond donors (Lipinski definition) is 0. The van der Waals surface area contributed by atoms with Gasteiger partial charge in [-0.2, -0.15) is 5.10 Å². The normalized spacial score (nSPS) is 14.9. The second-order valence-electron chi connectivity index (χ2n) is 8.36. The van der Waals surface area contributed by atoms with Crippen molar-refractivity contribution < 1.29 is 4.79 Å². The van der Waals surface area contributed by atoms with Crippen LogP contribution in [0.5, 0.6) is 0 Å². The number of hydrogen-bond acceptors (Lipinski definition) is 4. The summed E-state index contributed by atoms with van der Waals surface area (Å²) in [7, 11) is 0. The molecule has 1 aliphatic heterocycles. The van der Waals surface area contributed by atoms with Crippen LogP contribution in [-0.2, 0) is 11.2 Å². The van der Waals surface area contributed by atoms with Gasteiger partial charge in [-0.05, 0) is 63.1 Å². The first-order chi connectivity index (χ1) is 15.5. The molecule has 0 atom stereocenters. The Labute approximate surface area is 191 Å². The molecule has 0 unspecified atom stereocenters. The monoisotopic (exact) mass is 448 g/mol. The van der Waals surface area contributed by atoms with E-state index in [0.717, 1.165) is 60.0 Å². The van der Waals surface area contributed by atoms with Crippen molar-refractivity contribution in [3.05, 3.63) is 76.5 Å². The van der Waals surface area contributed by atoms with Crippen LogP contribution in [0.15, 0.2) is 48.7 Å². The molecule has 4 heterocycles. The minimum absolute atomic E-state index is 0.149. The Hall–Kier alpha value is -3.19. The number of likely N-dealkylation sites (tertiary alicyclic amines) is 1. The van der Waals surface area contributed by atoms with E-state index in [0.29, 0.717) is 17.4 Å². The highest BCUT2D eigenvalue weighted by atomic mass is 35.5. The molecule has 8 heteroatoms. The molecule has 3 aromatic heterocycles. The number of amides is 1. The number of aromatic nitrogens is 5. The molecule has 4 aromatic rings. The van der Waals surface area contributed by atoms with E-state index in [-0.39, 0.29) is 5.91 Å². The van der Waals surface area contributed by atoms with Gasteiger partial charge in [0.1, 0.15) is 5.82 Å². The van der Waals surface area contributed by atoms with Crippen molar-refractivity contribution in [3.63, 3.8) is 0 Å². The Morgan fingerprint density at radius 2 is 1.81 bits per heavy atom. The minimum atomic E-state index is 0.149. The average Bonchev–Trinajstić information content (AvgIpc) is 3.36. The quantitative estimate of drug-likeness (QED) is 0.470. The highest BCUT2D eigenvalue weighted by Crippen LogP contribution is 2.28. The van der Waals surface area contributed by atoms with Crippen LogP contribution in [0, 0.1) is 13.8 Å². The third kappa shape index (κ3) is 3.77. The number of carbonyl (C=O) groups is 1. The van der Waals surface area contributed by atoms with Crippen molar-refractivity contribution in [2.24, 2.45) is 0 Å². The van der Waals surface area contributed by atoms with Crippen LogP contribution >= 0.6 is 11.6 Å². The topological polar surface area (TPSA) is 68.3 Å². The molecule has 0 radical (unpaired) electrons. The number of piperidine rings is 1. The van der Waals surface area contributed by atoms with Gasteiger partial charge in [-0.3, -0.25) is 9.20 Å². The van der Waals surface area contributed by atoms with Crippen molar-refractivity contribution in [2.45, 2.75) is 39.0 Å². The molecular weight excluding hydrogens is 424 g/mol. The summed E-state index contributed by atoms with van der Waals surface area (Å²) in [4.78, 5) is 15.1. The first-order valence-electron chi connectivity index (χ1n) is 10.9. The van der Waals surface area contributed by atoms with Crippen molar-refractivity contribution >= 4 is 23.2 Å². The molecule has 0 spiro atoms. The highest BCUT2D eigenvalue weighted by Gasteiger charge is 2.28. The zero-order valence-electron chi connectivity index (χ0n) is 18.2. The molecule has 0 N–H and O–H groups in total. The standard InChI is InChI=1S/C24H25ClN6O/c1-16-21(17(2)31(28-16)20-8-6-19(25)7-9-20)15-23(32)29-13-10-18(11-14-29)24-27-26-22-5-3-4-12-30(22)24/h3-9,12,18H,10-11,13-15H2,1-2H3. The van der Waals surface area contributed by atoms with Gasteiger partial charge in [0, 0.05) is 41.5 Å². The first kappa shape index (κ1) is 20.7. The molecule has 0 saturated carbocycles. The zero-order valence-corrected chi connectivity index (χ0v) is 19.0. The van der Waals surface area contributed by atoms with Gasteiger partial charge in [-0.15, -0.1) is 10.2 Å². The minimum Gasteiger partial charge on any atom is -0.342 e. The summed E-state index contributed by atoms with van der Waals surface area (Å²) in [6.45, 7) is 5.44. The molecular formula is C24H25ClN6O. The van der Waals surface area contributed by atoms with E-state index in [1.165, 1.54) is 0 Å². The largest absolute Gasteiger partial charge is 0.342 e. The maximum absolute atomic E-state index is 13.1. The van der Waals surface area contributed by atoms with E-state index in [1.807, 2.05) is 72.1 Å². The SMILES string of the molecule is Cc1nn(-c2ccc(Cl)cc2)c(C)c1CC(=O)N1CCC(c2nnc3ccccn23)CC1. The fraction of sp³-hybridized carbons (Fsp3) is 0.333. The van der Waals surface area contributed by atoms with Gasteiger partial charge in [0.25, 0.3) is 0 Å². The smallest absolute Gasteiger partial charge is 0.227 e. The summed E-state index contributed by atoms with van der Waals surface area (Å²) < 4.78 is 3.94. The van der Waals surface area contributed by atoms with E-state index in [9.17, 15) is 4.79 Å². The van der Waals surface area contributed by atoms with Crippen LogP contribution in [0.3, 0.4) is 0 Å². The molecule has 5 rings (SSSR count). The zero-order chi connectivity index (χ0) is 22.2. The van der Waals surface area contributed by atoms with Crippen LogP contribution < -0.4 is 0 Å². The Morgan fingerprint density at radius 3 is 2.56 bits per heavy atom. The van der Waals surface area contributed by atoms with E-state index in [2.05, 4.69) is 19.7 Å². The second-order valence-corrected chi connectivity index (χ2v) is 8.79. The van der Waals surface area contributed by atoms with E-state index < -0.39 is 0 Å². The fourth-order valence-electron chi connectivity index (χ4n) is 4.55. The number of halogens is 1. The Bertz CT molecular complexity index is 1270. The maximum atomic E-state index is 13.1. The van der Waals surface area contributed by atoms with Crippen molar-refractivity contribution in [3.8, 4) is 5.69 Å². The summed E-state index contributed by atoms with van der Waals surface area (Å²) >= 11 is 6.01. The van der Waals surface area contributed by atoms with Crippen LogP contribution in [-0.4, -0.2) is 48.3 Å². The second kappa shape index (κ2) is 8.39. The number of benzene rings is 1. The Balaban J connectivity index is 1.27. The van der Waals surface area contributed by atoms with E-state index in [4.69, 9.17) is 11.6 Å². The number of carbonyl (C=O) groups excluding carboxylic acids is 1. The molecule has 0 aliphatic carbocycles. The lowest BCUT2D eigenvalue weighted by molar-refractivity contribution is -0.131. The Kier molecular flexibility index (Phi) is 5.43. The average molecular weight is 449 g/mol. The number of aryl methyl sites for hydroxylation is 1. The van der Waals surface area contributed by atoms with Gasteiger partial charge in [0.2, 0.25) is 5.91 Å². The molecule has 1 amide bonds. The molecule has 1 saturated heterocycles. The predicted molar refractivity (Wildman–Crippen MR) is 123 cm³/mol. The number of nitrogens with zero attached hydrogens (tertiary/aromatic N) is 6. The molecule has 0 bridgehead atoms. The predicted octanol–water partition coefficient (Wildman–Crippen LogP) is 4.13. The van der Waals surface area contributed by atoms with E-state index >= 15 is 0 Å². The summed E-state index contributed by atoms with van der Waals surface area (Å²) in [6, 6.07) is 13.5. The number of fused-ring (bicyclic) bond motifs is 1. The van der Waals surface area contributed by atoms with Crippen LogP contribution in [0.25, 0.3) is 11.3 Å². The molecule has 1 aliphatic rings. The van der Waals surface area contributed by atoms with Crippen LogP contribution in [0.4, 0.5) is 0 Å². The highest BCUT2D eigenvalue weighted by molar-refractivity contribution is 6.30. The summed E-state index contributed by atoms with van der Waals surface area (Å²) in [5.41, 5.74) is 4.67. The summed E-state index contributed by atoms with van der Waals surface area (Å²) in [6.07, 6.45) is 4.16. The number of rotatable bonds is 4. The molecule has 1 aromatic carbocycles. The van der Waals surface area contributed by atoms with Crippen molar-refractivity contribution in [1.82, 2.24) is 29.3 Å². The molecule has 7 nitrogen and oxygen atoms in total. The van der Waals surface area contributed by atoms with Crippen LogP contribution in [0.1, 0.15) is 41.5 Å². The van der Waals surface area contributed by atoms with Gasteiger partial charge in [0.15, 0.2) is 5.65 Å². The molecule has 1 fully saturated rings. The third-order valence-electron chi connectivity index (χ3n) is 6.39. The maximum Gasteiger partial charge on any atom is 0.227 e. The summed E-state index contributed by atoms with van der Waals surface area (Å²) in [5, 5.41) is 14.0. The lowest BCUT2D eigenvalue weighted by Gasteiger charge is -2.31. The molecule has 164 valence electrons. The van der Waals surface area contributed by atoms with Crippen molar-refractivity contribution in [2.75, 3.05) is 13.1 Å². The third-order valence-corrected chi connectivity index (χ3v) is 6.65. The van der Waals surface area contributed by atoms with Gasteiger partial charge in [0.05, 0.1) is 17.8 Å². The lowest BCUT2D eigenvalue weighted by Crippen LogP contribution is -2.39. The van der Waals surface area contributed by atoms with Gasteiger partial charge in [-0.25, -0.2) is 4.68 Å². The number of pyridine rings is 1. The molecule has 32 heavy (non-hydrogen) atoms. The summed E-state index contributed by atoms with van der Waals surface area (Å²) in [5.74, 6) is 1.45. The Morgan fingerprint density at radius 1 is 1.06 bits per heavy atom. The lowest BCUT2D eigenvalue weighted by atomic mass is 9.95. The van der Waals surface area contributed by atoms with E-state index in [1.54, 1.807) is 0 Å². The van der Waals surface area contributed by atoms with Crippen LogP contribution in [0.2, 0.25) is 5.02 Å². The fourth-order valence-corrected chi connectivity index (χ4v) is 4.68. The van der Waals surface area contributed by atoms with Crippen molar-refractivity contribution in [1.29, 1.82) is 0 Å².